The minimum absolute atomic E-state index is 0.00952. The van der Waals surface area contributed by atoms with Crippen LogP contribution >= 0.6 is 31.9 Å². The molecule has 0 aliphatic carbocycles. The van der Waals surface area contributed by atoms with Crippen LogP contribution < -0.4 is 5.32 Å². The van der Waals surface area contributed by atoms with Crippen molar-refractivity contribution in [1.29, 1.82) is 0 Å². The maximum Gasteiger partial charge on any atom is 0.303 e. The second kappa shape index (κ2) is 6.76. The molecule has 1 rings (SSSR count). The summed E-state index contributed by atoms with van der Waals surface area (Å²) < 4.78 is 1.71. The highest BCUT2D eigenvalue weighted by atomic mass is 79.9. The largest absolute Gasteiger partial charge is 0.481 e. The zero-order valence-electron chi connectivity index (χ0n) is 8.87. The SMILES string of the molecule is O=C(O)CCCC(=O)Nc1cc(Br)cc(Br)c1. The molecule has 17 heavy (non-hydrogen) atoms. The molecule has 0 aliphatic rings. The van der Waals surface area contributed by atoms with Crippen LogP contribution in [0, 0.1) is 0 Å². The number of carboxylic acid groups (broad SMARTS) is 1. The fraction of sp³-hybridized carbons (Fsp3) is 0.273. The van der Waals surface area contributed by atoms with Crippen molar-refractivity contribution in [3.63, 3.8) is 0 Å². The molecule has 2 N–H and O–H groups in total. The number of carboxylic acids is 1. The van der Waals surface area contributed by atoms with Gasteiger partial charge in [-0.25, -0.2) is 0 Å². The highest BCUT2D eigenvalue weighted by Gasteiger charge is 2.05. The molecule has 0 fully saturated rings. The summed E-state index contributed by atoms with van der Waals surface area (Å²) in [6.07, 6.45) is 0.558. The van der Waals surface area contributed by atoms with Crippen molar-refractivity contribution in [2.45, 2.75) is 19.3 Å². The Morgan fingerprint density at radius 2 is 1.71 bits per heavy atom. The third-order valence-electron chi connectivity index (χ3n) is 1.94. The number of halogens is 2. The average molecular weight is 365 g/mol. The summed E-state index contributed by atoms with van der Waals surface area (Å²) in [6, 6.07) is 5.42. The smallest absolute Gasteiger partial charge is 0.303 e. The van der Waals surface area contributed by atoms with Crippen molar-refractivity contribution in [2.24, 2.45) is 0 Å². The van der Waals surface area contributed by atoms with Gasteiger partial charge in [0.1, 0.15) is 0 Å². The Morgan fingerprint density at radius 3 is 2.24 bits per heavy atom. The summed E-state index contributed by atoms with van der Waals surface area (Å²) in [5.41, 5.74) is 0.673. The minimum Gasteiger partial charge on any atom is -0.481 e. The highest BCUT2D eigenvalue weighted by molar-refractivity contribution is 9.11. The van der Waals surface area contributed by atoms with Gasteiger partial charge in [-0.3, -0.25) is 9.59 Å². The lowest BCUT2D eigenvalue weighted by molar-refractivity contribution is -0.137. The average Bonchev–Trinajstić information content (AvgIpc) is 2.14. The van der Waals surface area contributed by atoms with Crippen LogP contribution in [-0.2, 0) is 9.59 Å². The molecular weight excluding hydrogens is 354 g/mol. The molecule has 0 heterocycles. The molecule has 4 nitrogen and oxygen atoms in total. The van der Waals surface area contributed by atoms with E-state index >= 15 is 0 Å². The Hall–Kier alpha value is -0.880. The number of carbonyl (C=O) groups is 2. The fourth-order valence-electron chi connectivity index (χ4n) is 1.25. The van der Waals surface area contributed by atoms with Crippen LogP contribution in [-0.4, -0.2) is 17.0 Å². The van der Waals surface area contributed by atoms with E-state index in [-0.39, 0.29) is 18.7 Å². The van der Waals surface area contributed by atoms with Crippen LogP contribution in [0.15, 0.2) is 27.1 Å². The minimum atomic E-state index is -0.886. The first-order chi connectivity index (χ1) is 7.97. The van der Waals surface area contributed by atoms with Gasteiger partial charge in [0, 0.05) is 27.5 Å². The van der Waals surface area contributed by atoms with Gasteiger partial charge in [0.15, 0.2) is 0 Å². The van der Waals surface area contributed by atoms with E-state index in [1.165, 1.54) is 0 Å². The summed E-state index contributed by atoms with van der Waals surface area (Å²) in [6.45, 7) is 0. The fourth-order valence-corrected chi connectivity index (χ4v) is 2.54. The van der Waals surface area contributed by atoms with Crippen LogP contribution in [0.25, 0.3) is 0 Å². The quantitative estimate of drug-likeness (QED) is 0.841. The predicted molar refractivity (Wildman–Crippen MR) is 72.0 cm³/mol. The molecule has 0 radical (unpaired) electrons. The Kier molecular flexibility index (Phi) is 5.64. The van der Waals surface area contributed by atoms with E-state index < -0.39 is 5.97 Å². The Labute approximate surface area is 116 Å². The van der Waals surface area contributed by atoms with Crippen LogP contribution in [0.3, 0.4) is 0 Å². The van der Waals surface area contributed by atoms with Crippen molar-refractivity contribution in [3.8, 4) is 0 Å². The number of benzene rings is 1. The van der Waals surface area contributed by atoms with Gasteiger partial charge in [-0.1, -0.05) is 31.9 Å². The number of hydrogen-bond donors (Lipinski definition) is 2. The van der Waals surface area contributed by atoms with Crippen LogP contribution in [0.1, 0.15) is 19.3 Å². The molecule has 1 amide bonds. The predicted octanol–water partition coefficient (Wildman–Crippen LogP) is 3.41. The van der Waals surface area contributed by atoms with Crippen molar-refractivity contribution < 1.29 is 14.7 Å². The normalized spacial score (nSPS) is 10.0. The summed E-state index contributed by atoms with van der Waals surface area (Å²) >= 11 is 6.63. The first kappa shape index (κ1) is 14.2. The number of anilines is 1. The molecular formula is C11H11Br2NO3. The topological polar surface area (TPSA) is 66.4 Å². The molecule has 6 heteroatoms. The Morgan fingerprint density at radius 1 is 1.12 bits per heavy atom. The Balaban J connectivity index is 2.47. The summed E-state index contributed by atoms with van der Waals surface area (Å²) in [5.74, 6) is -1.07. The van der Waals surface area contributed by atoms with Crippen LogP contribution in [0.2, 0.25) is 0 Å². The summed E-state index contributed by atoms with van der Waals surface area (Å²) in [4.78, 5) is 21.8. The van der Waals surface area contributed by atoms with Gasteiger partial charge in [0.05, 0.1) is 0 Å². The van der Waals surface area contributed by atoms with E-state index in [0.717, 1.165) is 8.95 Å². The Bertz CT molecular complexity index is 414. The molecule has 0 atom stereocenters. The second-order valence-electron chi connectivity index (χ2n) is 3.45. The molecule has 0 aliphatic heterocycles. The number of nitrogens with one attached hydrogen (secondary N) is 1. The standard InChI is InChI=1S/C11H11Br2NO3/c12-7-4-8(13)6-9(5-7)14-10(15)2-1-3-11(16)17/h4-6H,1-3H2,(H,14,15)(H,16,17). The van der Waals surface area contributed by atoms with Gasteiger partial charge in [-0.05, 0) is 24.6 Å². The molecule has 1 aromatic carbocycles. The summed E-state index contributed by atoms with van der Waals surface area (Å²) in [7, 11) is 0. The molecule has 92 valence electrons. The molecule has 1 aromatic rings. The first-order valence-electron chi connectivity index (χ1n) is 4.95. The molecule has 0 aromatic heterocycles. The van der Waals surface area contributed by atoms with Gasteiger partial charge in [-0.2, -0.15) is 0 Å². The van der Waals surface area contributed by atoms with Gasteiger partial charge in [0.2, 0.25) is 5.91 Å². The van der Waals surface area contributed by atoms with E-state index in [2.05, 4.69) is 37.2 Å². The maximum atomic E-state index is 11.5. The van der Waals surface area contributed by atoms with Gasteiger partial charge in [0.25, 0.3) is 0 Å². The van der Waals surface area contributed by atoms with Crippen LogP contribution in [0.5, 0.6) is 0 Å². The van der Waals surface area contributed by atoms with Crippen molar-refractivity contribution >= 4 is 49.4 Å². The maximum absolute atomic E-state index is 11.5. The van der Waals surface area contributed by atoms with Gasteiger partial charge < -0.3 is 10.4 Å². The number of amides is 1. The molecule has 0 saturated carbocycles. The zero-order valence-corrected chi connectivity index (χ0v) is 12.0. The summed E-state index contributed by atoms with van der Waals surface area (Å²) in [5, 5.41) is 11.2. The highest BCUT2D eigenvalue weighted by Crippen LogP contribution is 2.23. The zero-order chi connectivity index (χ0) is 12.8. The lowest BCUT2D eigenvalue weighted by Gasteiger charge is -2.06. The molecule has 0 saturated heterocycles. The van der Waals surface area contributed by atoms with E-state index in [4.69, 9.17) is 5.11 Å². The first-order valence-corrected chi connectivity index (χ1v) is 6.53. The molecule has 0 spiro atoms. The number of rotatable bonds is 5. The number of carbonyl (C=O) groups excluding carboxylic acids is 1. The second-order valence-corrected chi connectivity index (χ2v) is 5.28. The van der Waals surface area contributed by atoms with Gasteiger partial charge in [-0.15, -0.1) is 0 Å². The van der Waals surface area contributed by atoms with Crippen LogP contribution in [0.4, 0.5) is 5.69 Å². The van der Waals surface area contributed by atoms with E-state index in [1.54, 1.807) is 12.1 Å². The third kappa shape index (κ3) is 5.83. The van der Waals surface area contributed by atoms with E-state index in [0.29, 0.717) is 12.1 Å². The lowest BCUT2D eigenvalue weighted by atomic mass is 10.2. The van der Waals surface area contributed by atoms with Crippen molar-refractivity contribution in [1.82, 2.24) is 0 Å². The van der Waals surface area contributed by atoms with E-state index in [9.17, 15) is 9.59 Å². The third-order valence-corrected chi connectivity index (χ3v) is 2.86. The monoisotopic (exact) mass is 363 g/mol. The number of aliphatic carboxylic acids is 1. The molecule has 0 bridgehead atoms. The van der Waals surface area contributed by atoms with Crippen molar-refractivity contribution in [3.05, 3.63) is 27.1 Å². The molecule has 0 unspecified atom stereocenters. The lowest BCUT2D eigenvalue weighted by Crippen LogP contribution is -2.11. The van der Waals surface area contributed by atoms with Crippen molar-refractivity contribution in [2.75, 3.05) is 5.32 Å². The van der Waals surface area contributed by atoms with E-state index in [1.807, 2.05) is 6.07 Å². The van der Waals surface area contributed by atoms with Gasteiger partial charge >= 0.3 is 5.97 Å². The number of hydrogen-bond acceptors (Lipinski definition) is 2.